The predicted octanol–water partition coefficient (Wildman–Crippen LogP) is 3.84. The summed E-state index contributed by atoms with van der Waals surface area (Å²) in [7, 11) is 0. The minimum atomic E-state index is -0.418. The Kier molecular flexibility index (Phi) is 4.24. The Bertz CT molecular complexity index is 883. The lowest BCUT2D eigenvalue weighted by Gasteiger charge is -2.33. The van der Waals surface area contributed by atoms with Gasteiger partial charge in [-0.2, -0.15) is 5.10 Å². The van der Waals surface area contributed by atoms with Crippen LogP contribution in [0.25, 0.3) is 0 Å². The number of hydrogen-bond donors (Lipinski definition) is 1. The molecule has 0 radical (unpaired) electrons. The molecule has 0 spiro atoms. The van der Waals surface area contributed by atoms with Gasteiger partial charge in [0.25, 0.3) is 5.91 Å². The molecule has 0 aromatic carbocycles. The fourth-order valence-electron chi connectivity index (χ4n) is 3.81. The van der Waals surface area contributed by atoms with Crippen LogP contribution in [0.4, 0.5) is 0 Å². The Morgan fingerprint density at radius 3 is 3.08 bits per heavy atom. The summed E-state index contributed by atoms with van der Waals surface area (Å²) in [4.78, 5) is 25.1. The van der Waals surface area contributed by atoms with Crippen LogP contribution in [0.5, 0.6) is 0 Å². The fraction of sp³-hybridized carbons (Fsp3) is 0.316. The Balaban J connectivity index is 1.59. The Morgan fingerprint density at radius 1 is 1.46 bits per heavy atom. The van der Waals surface area contributed by atoms with Gasteiger partial charge in [0.15, 0.2) is 0 Å². The molecule has 1 fully saturated rings. The molecule has 6 nitrogen and oxygen atoms in total. The highest BCUT2D eigenvalue weighted by molar-refractivity contribution is 7.12. The molecule has 2 atom stereocenters. The molecule has 0 bridgehead atoms. The molecule has 1 amide bonds. The molecule has 1 aliphatic carbocycles. The average molecular weight is 370 g/mol. The van der Waals surface area contributed by atoms with E-state index in [1.54, 1.807) is 24.8 Å². The lowest BCUT2D eigenvalue weighted by Crippen LogP contribution is -2.27. The van der Waals surface area contributed by atoms with Crippen molar-refractivity contribution in [3.63, 3.8) is 0 Å². The van der Waals surface area contributed by atoms with Crippen LogP contribution in [-0.4, -0.2) is 18.1 Å². The molecule has 1 aliphatic heterocycles. The Labute approximate surface area is 154 Å². The van der Waals surface area contributed by atoms with Gasteiger partial charge in [-0.05, 0) is 42.3 Å². The average Bonchev–Trinajstić information content (AvgIpc) is 3.35. The number of hydrogen-bond acceptors (Lipinski definition) is 6. The van der Waals surface area contributed by atoms with Gasteiger partial charge in [-0.3, -0.25) is 4.79 Å². The van der Waals surface area contributed by atoms with Gasteiger partial charge in [0, 0.05) is 11.0 Å². The van der Waals surface area contributed by atoms with E-state index in [0.29, 0.717) is 10.5 Å². The van der Waals surface area contributed by atoms with Crippen molar-refractivity contribution in [1.29, 1.82) is 0 Å². The molecule has 1 N–H and O–H groups in total. The van der Waals surface area contributed by atoms with Crippen molar-refractivity contribution in [2.24, 2.45) is 10.5 Å². The quantitative estimate of drug-likeness (QED) is 0.504. The second kappa shape index (κ2) is 6.57. The highest BCUT2D eigenvalue weighted by Crippen LogP contribution is 2.55. The SMILES string of the molecule is C[C@@]12CCCC(/C=N/NC(=O)c3cccs3)=C1C(=O)O[C@H]2c1ccoc1. The third kappa shape index (κ3) is 2.78. The first-order valence-electron chi connectivity index (χ1n) is 8.43. The highest BCUT2D eigenvalue weighted by Gasteiger charge is 2.53. The summed E-state index contributed by atoms with van der Waals surface area (Å²) >= 11 is 1.35. The van der Waals surface area contributed by atoms with Crippen LogP contribution < -0.4 is 5.43 Å². The minimum absolute atomic E-state index is 0.259. The summed E-state index contributed by atoms with van der Waals surface area (Å²) in [6, 6.07) is 5.37. The van der Waals surface area contributed by atoms with Gasteiger partial charge >= 0.3 is 5.97 Å². The van der Waals surface area contributed by atoms with Crippen LogP contribution in [-0.2, 0) is 9.53 Å². The molecule has 26 heavy (non-hydrogen) atoms. The molecule has 2 aliphatic rings. The normalized spacial score (nSPS) is 25.4. The zero-order chi connectivity index (χ0) is 18.1. The predicted molar refractivity (Wildman–Crippen MR) is 96.8 cm³/mol. The van der Waals surface area contributed by atoms with Crippen molar-refractivity contribution in [1.82, 2.24) is 5.43 Å². The molecule has 2 aromatic rings. The number of rotatable bonds is 4. The van der Waals surface area contributed by atoms with E-state index in [0.717, 1.165) is 30.4 Å². The second-order valence-corrected chi connectivity index (χ2v) is 7.64. The minimum Gasteiger partial charge on any atom is -0.472 e. The maximum Gasteiger partial charge on any atom is 0.335 e. The summed E-state index contributed by atoms with van der Waals surface area (Å²) in [6.07, 6.45) is 6.94. The molecule has 4 rings (SSSR count). The van der Waals surface area contributed by atoms with Gasteiger partial charge in [0.05, 0.1) is 29.2 Å². The third-order valence-corrected chi connectivity index (χ3v) is 5.89. The number of furan rings is 1. The van der Waals surface area contributed by atoms with Crippen molar-refractivity contribution in [2.45, 2.75) is 32.3 Å². The topological polar surface area (TPSA) is 80.9 Å². The number of esters is 1. The van der Waals surface area contributed by atoms with E-state index in [9.17, 15) is 9.59 Å². The highest BCUT2D eigenvalue weighted by atomic mass is 32.1. The smallest absolute Gasteiger partial charge is 0.335 e. The standard InChI is InChI=1S/C19H18N2O4S/c1-19-7-2-4-12(10-20-21-17(22)14-5-3-9-26-14)15(19)18(23)25-16(19)13-6-8-24-11-13/h3,5-6,8-11,16H,2,4,7H2,1H3,(H,21,22)/b20-10+/t16-,19+/m0/s1. The molecule has 0 unspecified atom stereocenters. The number of cyclic esters (lactones) is 1. The maximum atomic E-state index is 12.6. The van der Waals surface area contributed by atoms with Crippen molar-refractivity contribution in [2.75, 3.05) is 0 Å². The molecule has 0 saturated carbocycles. The van der Waals surface area contributed by atoms with Gasteiger partial charge < -0.3 is 9.15 Å². The summed E-state index contributed by atoms with van der Waals surface area (Å²) in [6.45, 7) is 2.04. The van der Waals surface area contributed by atoms with E-state index in [4.69, 9.17) is 9.15 Å². The molecule has 134 valence electrons. The van der Waals surface area contributed by atoms with Gasteiger partial charge in [-0.15, -0.1) is 11.3 Å². The number of thiophene rings is 1. The van der Waals surface area contributed by atoms with Crippen LogP contribution in [0.3, 0.4) is 0 Å². The van der Waals surface area contributed by atoms with Crippen molar-refractivity contribution in [3.05, 3.63) is 57.7 Å². The first-order valence-corrected chi connectivity index (χ1v) is 9.31. The number of carbonyl (C=O) groups is 2. The number of fused-ring (bicyclic) bond motifs is 1. The zero-order valence-corrected chi connectivity index (χ0v) is 15.0. The number of amides is 1. The molecular weight excluding hydrogens is 352 g/mol. The number of allylic oxidation sites excluding steroid dienone is 1. The van der Waals surface area contributed by atoms with Gasteiger partial charge in [-0.1, -0.05) is 13.0 Å². The molecular formula is C19H18N2O4S. The van der Waals surface area contributed by atoms with E-state index in [-0.39, 0.29) is 18.0 Å². The zero-order valence-electron chi connectivity index (χ0n) is 14.2. The van der Waals surface area contributed by atoms with Crippen LogP contribution in [0, 0.1) is 5.41 Å². The van der Waals surface area contributed by atoms with Crippen molar-refractivity contribution < 1.29 is 18.7 Å². The summed E-state index contributed by atoms with van der Waals surface area (Å²) < 4.78 is 10.8. The summed E-state index contributed by atoms with van der Waals surface area (Å²) in [5.74, 6) is -0.574. The van der Waals surface area contributed by atoms with Gasteiger partial charge in [0.2, 0.25) is 0 Å². The first-order chi connectivity index (χ1) is 12.6. The Hall–Kier alpha value is -2.67. The van der Waals surface area contributed by atoms with Crippen LogP contribution in [0.1, 0.15) is 47.5 Å². The van der Waals surface area contributed by atoms with E-state index in [1.165, 1.54) is 11.3 Å². The summed E-state index contributed by atoms with van der Waals surface area (Å²) in [5, 5.41) is 5.90. The van der Waals surface area contributed by atoms with Crippen LogP contribution >= 0.6 is 11.3 Å². The van der Waals surface area contributed by atoms with E-state index in [1.807, 2.05) is 24.4 Å². The number of hydrazone groups is 1. The fourth-order valence-corrected chi connectivity index (χ4v) is 4.42. The molecule has 7 heteroatoms. The molecule has 1 saturated heterocycles. The largest absolute Gasteiger partial charge is 0.472 e. The van der Waals surface area contributed by atoms with E-state index >= 15 is 0 Å². The first kappa shape index (κ1) is 16.8. The van der Waals surface area contributed by atoms with E-state index < -0.39 is 5.41 Å². The number of ether oxygens (including phenoxy) is 1. The number of nitrogens with zero attached hydrogens (tertiary/aromatic N) is 1. The van der Waals surface area contributed by atoms with Crippen molar-refractivity contribution in [3.8, 4) is 0 Å². The lowest BCUT2D eigenvalue weighted by atomic mass is 9.68. The van der Waals surface area contributed by atoms with Gasteiger partial charge in [0.1, 0.15) is 6.10 Å². The van der Waals surface area contributed by atoms with Crippen LogP contribution in [0.15, 0.2) is 56.8 Å². The Morgan fingerprint density at radius 2 is 2.35 bits per heavy atom. The van der Waals surface area contributed by atoms with Crippen molar-refractivity contribution >= 4 is 29.4 Å². The second-order valence-electron chi connectivity index (χ2n) is 6.69. The number of nitrogens with one attached hydrogen (secondary N) is 1. The number of carbonyl (C=O) groups excluding carboxylic acids is 2. The third-order valence-electron chi connectivity index (χ3n) is 5.02. The van der Waals surface area contributed by atoms with E-state index in [2.05, 4.69) is 10.5 Å². The summed E-state index contributed by atoms with van der Waals surface area (Å²) in [5.41, 5.74) is 4.44. The molecule has 2 aromatic heterocycles. The van der Waals surface area contributed by atoms with Gasteiger partial charge in [-0.25, -0.2) is 10.2 Å². The maximum absolute atomic E-state index is 12.6. The molecule has 3 heterocycles. The van der Waals surface area contributed by atoms with Crippen LogP contribution in [0.2, 0.25) is 0 Å². The lowest BCUT2D eigenvalue weighted by molar-refractivity contribution is -0.140. The monoisotopic (exact) mass is 370 g/mol.